The Morgan fingerprint density at radius 3 is 3.26 bits per heavy atom. The molecule has 1 amide bonds. The third-order valence-electron chi connectivity index (χ3n) is 3.34. The molecule has 0 spiro atoms. The van der Waals surface area contributed by atoms with Gasteiger partial charge in [0.15, 0.2) is 0 Å². The van der Waals surface area contributed by atoms with Crippen molar-refractivity contribution in [3.8, 4) is 0 Å². The van der Waals surface area contributed by atoms with Crippen LogP contribution >= 0.6 is 0 Å². The van der Waals surface area contributed by atoms with E-state index >= 15 is 0 Å². The van der Waals surface area contributed by atoms with Gasteiger partial charge in [0.25, 0.3) is 0 Å². The highest BCUT2D eigenvalue weighted by Crippen LogP contribution is 2.22. The first kappa shape index (κ1) is 11.9. The van der Waals surface area contributed by atoms with Crippen LogP contribution in [0.15, 0.2) is 10.7 Å². The second kappa shape index (κ2) is 4.83. The molecule has 2 aromatic rings. The number of aromatic nitrogens is 4. The van der Waals surface area contributed by atoms with Crippen LogP contribution in [0.2, 0.25) is 0 Å². The lowest BCUT2D eigenvalue weighted by molar-refractivity contribution is -0.125. The average Bonchev–Trinajstić information content (AvgIpc) is 3.03. The number of hydrogen-bond acceptors (Lipinski definition) is 5. The molecule has 0 saturated heterocycles. The van der Waals surface area contributed by atoms with Crippen molar-refractivity contribution < 1.29 is 9.21 Å². The van der Waals surface area contributed by atoms with Gasteiger partial charge in [0.1, 0.15) is 0 Å². The Labute approximate surface area is 109 Å². The number of nitrogens with one attached hydrogen (secondary N) is 2. The Bertz CT molecular complexity index is 588. The number of amides is 1. The molecule has 19 heavy (non-hydrogen) atoms. The monoisotopic (exact) mass is 261 g/mol. The van der Waals surface area contributed by atoms with Gasteiger partial charge in [-0.1, -0.05) is 0 Å². The number of fused-ring (bicyclic) bond motifs is 1. The number of imidazole rings is 1. The van der Waals surface area contributed by atoms with Crippen LogP contribution in [0.5, 0.6) is 0 Å². The van der Waals surface area contributed by atoms with Gasteiger partial charge in [0.2, 0.25) is 17.7 Å². The Hall–Kier alpha value is -2.18. The Morgan fingerprint density at radius 2 is 2.47 bits per heavy atom. The lowest BCUT2D eigenvalue weighted by atomic mass is 9.89. The largest absolute Gasteiger partial charge is 0.424 e. The summed E-state index contributed by atoms with van der Waals surface area (Å²) in [5.74, 6) is 0.945. The number of rotatable bonds is 3. The highest BCUT2D eigenvalue weighted by atomic mass is 16.4. The van der Waals surface area contributed by atoms with E-state index in [0.29, 0.717) is 18.2 Å². The van der Waals surface area contributed by atoms with Crippen LogP contribution in [0.25, 0.3) is 0 Å². The predicted molar refractivity (Wildman–Crippen MR) is 65.0 cm³/mol. The van der Waals surface area contributed by atoms with E-state index in [1.807, 2.05) is 0 Å². The van der Waals surface area contributed by atoms with Crippen molar-refractivity contribution in [2.75, 3.05) is 0 Å². The summed E-state index contributed by atoms with van der Waals surface area (Å²) in [4.78, 5) is 19.4. The van der Waals surface area contributed by atoms with E-state index in [1.165, 1.54) is 0 Å². The molecule has 0 bridgehead atoms. The molecule has 0 aromatic carbocycles. The number of aryl methyl sites for hydroxylation is 2. The molecule has 1 aliphatic carbocycles. The van der Waals surface area contributed by atoms with Crippen LogP contribution in [0.4, 0.5) is 0 Å². The van der Waals surface area contributed by atoms with Crippen molar-refractivity contribution in [1.29, 1.82) is 0 Å². The fraction of sp³-hybridized carbons (Fsp3) is 0.500. The van der Waals surface area contributed by atoms with Gasteiger partial charge in [-0.3, -0.25) is 4.79 Å². The second-order valence-electron chi connectivity index (χ2n) is 4.70. The van der Waals surface area contributed by atoms with Crippen molar-refractivity contribution in [3.05, 3.63) is 29.5 Å². The fourth-order valence-electron chi connectivity index (χ4n) is 2.34. The summed E-state index contributed by atoms with van der Waals surface area (Å²) in [6.07, 6.45) is 4.07. The molecule has 0 unspecified atom stereocenters. The highest BCUT2D eigenvalue weighted by Gasteiger charge is 2.26. The molecule has 1 atom stereocenters. The summed E-state index contributed by atoms with van der Waals surface area (Å²) >= 11 is 0. The first-order chi connectivity index (χ1) is 9.22. The molecule has 0 fully saturated rings. The van der Waals surface area contributed by atoms with Crippen LogP contribution in [0, 0.1) is 12.8 Å². The summed E-state index contributed by atoms with van der Waals surface area (Å²) in [5, 5.41) is 10.4. The van der Waals surface area contributed by atoms with E-state index in [4.69, 9.17) is 4.42 Å². The molecule has 1 aliphatic rings. The number of aromatic amines is 1. The van der Waals surface area contributed by atoms with E-state index < -0.39 is 0 Å². The first-order valence-corrected chi connectivity index (χ1v) is 6.30. The molecule has 0 radical (unpaired) electrons. The molecule has 0 saturated carbocycles. The van der Waals surface area contributed by atoms with Crippen molar-refractivity contribution in [1.82, 2.24) is 25.5 Å². The molecule has 7 heteroatoms. The maximum Gasteiger partial charge on any atom is 0.235 e. The van der Waals surface area contributed by atoms with E-state index in [0.717, 1.165) is 24.2 Å². The third kappa shape index (κ3) is 2.49. The highest BCUT2D eigenvalue weighted by molar-refractivity contribution is 5.79. The molecule has 2 aromatic heterocycles. The zero-order chi connectivity index (χ0) is 13.2. The van der Waals surface area contributed by atoms with E-state index in [-0.39, 0.29) is 18.4 Å². The lowest BCUT2D eigenvalue weighted by Crippen LogP contribution is -2.33. The topological polar surface area (TPSA) is 96.7 Å². The number of hydrogen-bond donors (Lipinski definition) is 2. The van der Waals surface area contributed by atoms with Gasteiger partial charge in [-0.15, -0.1) is 10.2 Å². The second-order valence-corrected chi connectivity index (χ2v) is 4.70. The van der Waals surface area contributed by atoms with E-state index in [1.54, 1.807) is 13.3 Å². The Kier molecular flexibility index (Phi) is 3.02. The summed E-state index contributed by atoms with van der Waals surface area (Å²) in [5.41, 5.74) is 2.15. The van der Waals surface area contributed by atoms with E-state index in [9.17, 15) is 4.79 Å². The van der Waals surface area contributed by atoms with Gasteiger partial charge in [0, 0.05) is 25.0 Å². The number of H-pyrrole nitrogens is 1. The van der Waals surface area contributed by atoms with E-state index in [2.05, 4.69) is 25.5 Å². The molecular formula is C12H15N5O2. The maximum atomic E-state index is 12.1. The quantitative estimate of drug-likeness (QED) is 0.839. The van der Waals surface area contributed by atoms with Gasteiger partial charge >= 0.3 is 0 Å². The lowest BCUT2D eigenvalue weighted by Gasteiger charge is -2.20. The normalized spacial score (nSPS) is 18.1. The summed E-state index contributed by atoms with van der Waals surface area (Å²) < 4.78 is 5.21. The van der Waals surface area contributed by atoms with Crippen molar-refractivity contribution in [3.63, 3.8) is 0 Å². The number of nitrogens with zero attached hydrogens (tertiary/aromatic N) is 3. The van der Waals surface area contributed by atoms with Crippen LogP contribution in [0.1, 0.15) is 29.6 Å². The zero-order valence-electron chi connectivity index (χ0n) is 10.6. The Balaban J connectivity index is 1.57. The number of carbonyl (C=O) groups is 1. The molecule has 7 nitrogen and oxygen atoms in total. The molecule has 2 heterocycles. The van der Waals surface area contributed by atoms with Gasteiger partial charge in [-0.05, 0) is 12.8 Å². The average molecular weight is 261 g/mol. The molecule has 2 N–H and O–H groups in total. The smallest absolute Gasteiger partial charge is 0.235 e. The fourth-order valence-corrected chi connectivity index (χ4v) is 2.34. The SMILES string of the molecule is Cc1nnc(CNC(=O)[C@@H]2CCc3nc[nH]c3C2)o1. The van der Waals surface area contributed by atoms with Crippen LogP contribution in [0.3, 0.4) is 0 Å². The summed E-state index contributed by atoms with van der Waals surface area (Å²) in [7, 11) is 0. The molecule has 3 rings (SSSR count). The van der Waals surface area contributed by atoms with Crippen molar-refractivity contribution >= 4 is 5.91 Å². The van der Waals surface area contributed by atoms with Gasteiger partial charge in [0.05, 0.1) is 18.6 Å². The van der Waals surface area contributed by atoms with Crippen molar-refractivity contribution in [2.45, 2.75) is 32.7 Å². The predicted octanol–water partition coefficient (Wildman–Crippen LogP) is 0.522. The minimum absolute atomic E-state index is 0.0167. The van der Waals surface area contributed by atoms with Crippen LogP contribution < -0.4 is 5.32 Å². The van der Waals surface area contributed by atoms with Crippen LogP contribution in [-0.4, -0.2) is 26.1 Å². The zero-order valence-corrected chi connectivity index (χ0v) is 10.6. The first-order valence-electron chi connectivity index (χ1n) is 6.30. The summed E-state index contributed by atoms with van der Waals surface area (Å²) in [6, 6.07) is 0. The van der Waals surface area contributed by atoms with Crippen molar-refractivity contribution in [2.24, 2.45) is 5.92 Å². The minimum Gasteiger partial charge on any atom is -0.424 e. The van der Waals surface area contributed by atoms with Gasteiger partial charge in [-0.25, -0.2) is 4.98 Å². The Morgan fingerprint density at radius 1 is 1.58 bits per heavy atom. The third-order valence-corrected chi connectivity index (χ3v) is 3.34. The van der Waals surface area contributed by atoms with Gasteiger partial charge < -0.3 is 14.7 Å². The minimum atomic E-state index is -0.0167. The number of carbonyl (C=O) groups excluding carboxylic acids is 1. The molecular weight excluding hydrogens is 246 g/mol. The molecule has 100 valence electrons. The van der Waals surface area contributed by atoms with Gasteiger partial charge in [-0.2, -0.15) is 0 Å². The van der Waals surface area contributed by atoms with Crippen LogP contribution in [-0.2, 0) is 24.2 Å². The molecule has 0 aliphatic heterocycles. The standard InChI is InChI=1S/C12H15N5O2/c1-7-16-17-11(19-7)5-13-12(18)8-2-3-9-10(4-8)15-6-14-9/h6,8H,2-5H2,1H3,(H,13,18)(H,14,15)/t8-/m1/s1. The maximum absolute atomic E-state index is 12.1. The summed E-state index contributed by atoms with van der Waals surface area (Å²) in [6.45, 7) is 2.01.